The number of rotatable bonds is 4. The van der Waals surface area contributed by atoms with Crippen LogP contribution in [0.4, 0.5) is 0 Å². The number of hydrogen-bond acceptors (Lipinski definition) is 1. The van der Waals surface area contributed by atoms with Crippen LogP contribution in [-0.2, 0) is 13.5 Å². The van der Waals surface area contributed by atoms with Crippen molar-refractivity contribution in [3.63, 3.8) is 0 Å². The third-order valence-corrected chi connectivity index (χ3v) is 4.98. The molecule has 0 spiro atoms. The van der Waals surface area contributed by atoms with Crippen LogP contribution in [0.3, 0.4) is 0 Å². The van der Waals surface area contributed by atoms with E-state index in [0.29, 0.717) is 6.04 Å². The molecule has 0 saturated carbocycles. The minimum absolute atomic E-state index is 0.517. The van der Waals surface area contributed by atoms with Gasteiger partial charge in [-0.25, -0.2) is 0 Å². The van der Waals surface area contributed by atoms with Crippen molar-refractivity contribution in [2.75, 3.05) is 6.54 Å². The first-order valence-electron chi connectivity index (χ1n) is 8.97. The number of nitrogens with zero attached hydrogens (tertiary/aromatic N) is 1. The third kappa shape index (κ3) is 3.75. The van der Waals surface area contributed by atoms with E-state index in [1.54, 1.807) is 0 Å². The maximum Gasteiger partial charge on any atom is 0.0478 e. The van der Waals surface area contributed by atoms with Gasteiger partial charge in [0.05, 0.1) is 0 Å². The Bertz CT molecular complexity index is 916. The van der Waals surface area contributed by atoms with Crippen molar-refractivity contribution in [3.05, 3.63) is 89.6 Å². The summed E-state index contributed by atoms with van der Waals surface area (Å²) in [7, 11) is 2.09. The van der Waals surface area contributed by atoms with E-state index in [-0.39, 0.29) is 0 Å². The molecule has 25 heavy (non-hydrogen) atoms. The predicted octanol–water partition coefficient (Wildman–Crippen LogP) is 4.72. The summed E-state index contributed by atoms with van der Waals surface area (Å²) in [5, 5.41) is 4.91. The van der Waals surface area contributed by atoms with Gasteiger partial charge in [-0.15, -0.1) is 0 Å². The number of fused-ring (bicyclic) bond motifs is 1. The summed E-state index contributed by atoms with van der Waals surface area (Å²) >= 11 is 0. The van der Waals surface area contributed by atoms with E-state index in [2.05, 4.69) is 96.0 Å². The van der Waals surface area contributed by atoms with Crippen molar-refractivity contribution >= 4 is 17.0 Å². The molecular weight excluding hydrogens is 304 g/mol. The van der Waals surface area contributed by atoms with E-state index in [9.17, 15) is 0 Å². The fourth-order valence-corrected chi connectivity index (χ4v) is 3.58. The van der Waals surface area contributed by atoms with Gasteiger partial charge in [0.15, 0.2) is 0 Å². The maximum absolute atomic E-state index is 3.61. The molecule has 2 aromatic carbocycles. The van der Waals surface area contributed by atoms with Crippen molar-refractivity contribution in [1.29, 1.82) is 0 Å². The van der Waals surface area contributed by atoms with E-state index in [0.717, 1.165) is 19.4 Å². The maximum atomic E-state index is 3.61. The lowest BCUT2D eigenvalue weighted by Crippen LogP contribution is -2.34. The van der Waals surface area contributed by atoms with Crippen molar-refractivity contribution in [2.24, 2.45) is 7.05 Å². The van der Waals surface area contributed by atoms with Crippen LogP contribution in [-0.4, -0.2) is 17.2 Å². The summed E-state index contributed by atoms with van der Waals surface area (Å²) in [6.45, 7) is 0.953. The number of nitrogens with one attached hydrogen (secondary N) is 1. The summed E-state index contributed by atoms with van der Waals surface area (Å²) in [5.41, 5.74) is 5.37. The van der Waals surface area contributed by atoms with E-state index in [1.165, 1.54) is 27.6 Å². The van der Waals surface area contributed by atoms with Crippen molar-refractivity contribution in [2.45, 2.75) is 18.9 Å². The van der Waals surface area contributed by atoms with Crippen LogP contribution in [0.1, 0.15) is 17.5 Å². The highest BCUT2D eigenvalue weighted by Gasteiger charge is 2.13. The molecule has 2 nitrogen and oxygen atoms in total. The van der Waals surface area contributed by atoms with Gasteiger partial charge in [-0.05, 0) is 47.7 Å². The lowest BCUT2D eigenvalue weighted by atomic mass is 9.95. The summed E-state index contributed by atoms with van der Waals surface area (Å²) in [5.74, 6) is 0. The monoisotopic (exact) mass is 328 g/mol. The molecule has 1 unspecified atom stereocenters. The van der Waals surface area contributed by atoms with Gasteiger partial charge in [0.25, 0.3) is 0 Å². The SMILES string of the molecule is Cn1ccc2cc(/C=C/C3=CCNC(Cc4ccccc4)C3)ccc21. The fourth-order valence-electron chi connectivity index (χ4n) is 3.58. The smallest absolute Gasteiger partial charge is 0.0478 e. The molecule has 2 heterocycles. The Kier molecular flexibility index (Phi) is 4.53. The zero-order valence-electron chi connectivity index (χ0n) is 14.7. The van der Waals surface area contributed by atoms with Crippen molar-refractivity contribution < 1.29 is 0 Å². The molecule has 1 aromatic heterocycles. The summed E-state index contributed by atoms with van der Waals surface area (Å²) in [4.78, 5) is 0. The van der Waals surface area contributed by atoms with E-state index in [4.69, 9.17) is 0 Å². The quantitative estimate of drug-likeness (QED) is 0.733. The lowest BCUT2D eigenvalue weighted by Gasteiger charge is -2.23. The number of aromatic nitrogens is 1. The third-order valence-electron chi connectivity index (χ3n) is 4.98. The zero-order valence-corrected chi connectivity index (χ0v) is 14.7. The molecular formula is C23H24N2. The first kappa shape index (κ1) is 15.9. The van der Waals surface area contributed by atoms with Crippen LogP contribution >= 0.6 is 0 Å². The van der Waals surface area contributed by atoms with Gasteiger partial charge in [0.1, 0.15) is 0 Å². The molecule has 1 aliphatic rings. The van der Waals surface area contributed by atoms with Gasteiger partial charge >= 0.3 is 0 Å². The van der Waals surface area contributed by atoms with Crippen LogP contribution in [0.5, 0.6) is 0 Å². The van der Waals surface area contributed by atoms with Crippen molar-refractivity contribution in [3.8, 4) is 0 Å². The zero-order chi connectivity index (χ0) is 17.1. The van der Waals surface area contributed by atoms with Crippen LogP contribution in [0.15, 0.2) is 78.5 Å². The molecule has 2 heteroatoms. The molecule has 0 radical (unpaired) electrons. The van der Waals surface area contributed by atoms with E-state index < -0.39 is 0 Å². The summed E-state index contributed by atoms with van der Waals surface area (Å²) in [6.07, 6.45) is 11.1. The molecule has 126 valence electrons. The summed E-state index contributed by atoms with van der Waals surface area (Å²) in [6, 6.07) is 20.1. The Labute approximate surface area is 149 Å². The Balaban J connectivity index is 1.44. The fraction of sp³-hybridized carbons (Fsp3) is 0.217. The van der Waals surface area contributed by atoms with Crippen LogP contribution < -0.4 is 5.32 Å². The second-order valence-electron chi connectivity index (χ2n) is 6.86. The molecule has 0 amide bonds. The second kappa shape index (κ2) is 7.12. The molecule has 1 N–H and O–H groups in total. The molecule has 1 atom stereocenters. The highest BCUT2D eigenvalue weighted by atomic mass is 14.9. The second-order valence-corrected chi connectivity index (χ2v) is 6.86. The predicted molar refractivity (Wildman–Crippen MR) is 107 cm³/mol. The molecule has 0 aliphatic carbocycles. The topological polar surface area (TPSA) is 17.0 Å². The minimum atomic E-state index is 0.517. The molecule has 0 bridgehead atoms. The average Bonchev–Trinajstić information content (AvgIpc) is 3.02. The number of allylic oxidation sites excluding steroid dienone is 1. The minimum Gasteiger partial charge on any atom is -0.351 e. The number of hydrogen-bond donors (Lipinski definition) is 1. The molecule has 0 fully saturated rings. The van der Waals surface area contributed by atoms with Gasteiger partial charge in [0, 0.05) is 36.7 Å². The molecule has 4 rings (SSSR count). The first-order chi connectivity index (χ1) is 12.3. The van der Waals surface area contributed by atoms with Gasteiger partial charge in [0.2, 0.25) is 0 Å². The van der Waals surface area contributed by atoms with E-state index in [1.807, 2.05) is 0 Å². The normalized spacial score (nSPS) is 18.0. The molecule has 0 saturated heterocycles. The molecule has 1 aliphatic heterocycles. The highest BCUT2D eigenvalue weighted by Crippen LogP contribution is 2.20. The highest BCUT2D eigenvalue weighted by molar-refractivity contribution is 5.82. The summed E-state index contributed by atoms with van der Waals surface area (Å²) < 4.78 is 2.16. The standard InChI is InChI=1S/C23H24N2/c1-25-14-12-21-15-19(9-10-23(21)25)7-8-20-11-13-24-22(17-20)16-18-5-3-2-4-6-18/h2-12,14-15,22,24H,13,16-17H2,1H3/b8-7+. The van der Waals surface area contributed by atoms with Gasteiger partial charge in [-0.1, -0.05) is 54.6 Å². The van der Waals surface area contributed by atoms with Gasteiger partial charge in [-0.2, -0.15) is 0 Å². The van der Waals surface area contributed by atoms with Crippen LogP contribution in [0, 0.1) is 0 Å². The van der Waals surface area contributed by atoms with Gasteiger partial charge in [-0.3, -0.25) is 0 Å². The Morgan fingerprint density at radius 3 is 2.84 bits per heavy atom. The van der Waals surface area contributed by atoms with Crippen LogP contribution in [0.25, 0.3) is 17.0 Å². The Morgan fingerprint density at radius 2 is 1.96 bits per heavy atom. The number of aryl methyl sites for hydroxylation is 1. The average molecular weight is 328 g/mol. The lowest BCUT2D eigenvalue weighted by molar-refractivity contribution is 0.516. The van der Waals surface area contributed by atoms with Gasteiger partial charge < -0.3 is 9.88 Å². The van der Waals surface area contributed by atoms with E-state index >= 15 is 0 Å². The largest absolute Gasteiger partial charge is 0.351 e. The Morgan fingerprint density at radius 1 is 1.08 bits per heavy atom. The Hall–Kier alpha value is -2.58. The number of benzene rings is 2. The van der Waals surface area contributed by atoms with Crippen LogP contribution in [0.2, 0.25) is 0 Å². The van der Waals surface area contributed by atoms with Crippen molar-refractivity contribution in [1.82, 2.24) is 9.88 Å². The molecule has 3 aromatic rings. The first-order valence-corrected chi connectivity index (χ1v) is 8.97.